The van der Waals surface area contributed by atoms with Crippen molar-refractivity contribution < 1.29 is 0 Å². The monoisotopic (exact) mass is 228 g/mol. The zero-order chi connectivity index (χ0) is 12.3. The third kappa shape index (κ3) is 2.57. The molecule has 0 saturated carbocycles. The lowest BCUT2D eigenvalue weighted by Crippen LogP contribution is -2.04. The third-order valence-electron chi connectivity index (χ3n) is 3.27. The molecule has 17 heavy (non-hydrogen) atoms. The Morgan fingerprint density at radius 1 is 1.18 bits per heavy atom. The van der Waals surface area contributed by atoms with Crippen LogP contribution in [0, 0.1) is 13.8 Å². The molecule has 1 aromatic heterocycles. The highest BCUT2D eigenvalue weighted by Crippen LogP contribution is 2.17. The van der Waals surface area contributed by atoms with Crippen LogP contribution in [0.25, 0.3) is 0 Å². The third-order valence-corrected chi connectivity index (χ3v) is 3.27. The number of hydrogen-bond donors (Lipinski definition) is 0. The minimum Gasteiger partial charge on any atom is -0.334 e. The molecule has 0 N–H and O–H groups in total. The van der Waals surface area contributed by atoms with Crippen LogP contribution in [0.3, 0.4) is 0 Å². The molecule has 0 saturated heterocycles. The Bertz CT molecular complexity index is 477. The lowest BCUT2D eigenvalue weighted by Gasteiger charge is -2.11. The van der Waals surface area contributed by atoms with Gasteiger partial charge in [-0.15, -0.1) is 0 Å². The van der Waals surface area contributed by atoms with E-state index in [0.29, 0.717) is 0 Å². The van der Waals surface area contributed by atoms with Gasteiger partial charge in [-0.25, -0.2) is 4.98 Å². The summed E-state index contributed by atoms with van der Waals surface area (Å²) in [6.07, 6.45) is 6.06. The van der Waals surface area contributed by atoms with Crippen molar-refractivity contribution in [3.8, 4) is 0 Å². The summed E-state index contributed by atoms with van der Waals surface area (Å²) < 4.78 is 2.26. The van der Waals surface area contributed by atoms with Crippen LogP contribution in [0.2, 0.25) is 0 Å². The maximum absolute atomic E-state index is 4.26. The standard InChI is InChI=1S/C15H20N2/c1-4-8-17-11-16-10-14(17)9-15-12(2)6-5-7-13(15)3/h5-7,10-11H,4,8-9H2,1-3H3. The molecular formula is C15H20N2. The van der Waals surface area contributed by atoms with Crippen LogP contribution in [-0.2, 0) is 13.0 Å². The summed E-state index contributed by atoms with van der Waals surface area (Å²) in [5, 5.41) is 0. The van der Waals surface area contributed by atoms with Crippen molar-refractivity contribution in [1.82, 2.24) is 9.55 Å². The predicted molar refractivity (Wildman–Crippen MR) is 71.2 cm³/mol. The molecule has 2 rings (SSSR count). The summed E-state index contributed by atoms with van der Waals surface area (Å²) in [6.45, 7) is 7.62. The topological polar surface area (TPSA) is 17.8 Å². The molecule has 0 spiro atoms. The Morgan fingerprint density at radius 3 is 2.53 bits per heavy atom. The van der Waals surface area contributed by atoms with Gasteiger partial charge in [0.1, 0.15) is 0 Å². The van der Waals surface area contributed by atoms with Crippen LogP contribution >= 0.6 is 0 Å². The van der Waals surface area contributed by atoms with E-state index in [1.807, 2.05) is 12.5 Å². The van der Waals surface area contributed by atoms with Gasteiger partial charge in [0.25, 0.3) is 0 Å². The highest BCUT2D eigenvalue weighted by Gasteiger charge is 2.07. The van der Waals surface area contributed by atoms with Crippen molar-refractivity contribution in [1.29, 1.82) is 0 Å². The molecule has 0 fully saturated rings. The zero-order valence-corrected chi connectivity index (χ0v) is 10.9. The second kappa shape index (κ2) is 5.17. The number of imidazole rings is 1. The molecule has 90 valence electrons. The zero-order valence-electron chi connectivity index (χ0n) is 10.9. The first-order chi connectivity index (χ1) is 8.22. The Hall–Kier alpha value is -1.57. The molecule has 0 amide bonds. The van der Waals surface area contributed by atoms with Gasteiger partial charge < -0.3 is 4.57 Å². The summed E-state index contributed by atoms with van der Waals surface area (Å²) >= 11 is 0. The molecule has 2 aromatic rings. The quantitative estimate of drug-likeness (QED) is 0.783. The van der Waals surface area contributed by atoms with Gasteiger partial charge in [-0.05, 0) is 37.0 Å². The highest BCUT2D eigenvalue weighted by atomic mass is 15.0. The molecule has 0 aliphatic carbocycles. The molecule has 2 nitrogen and oxygen atoms in total. The fraction of sp³-hybridized carbons (Fsp3) is 0.400. The number of nitrogens with zero attached hydrogens (tertiary/aromatic N) is 2. The van der Waals surface area contributed by atoms with E-state index in [1.165, 1.54) is 22.4 Å². The first-order valence-corrected chi connectivity index (χ1v) is 6.26. The lowest BCUT2D eigenvalue weighted by molar-refractivity contribution is 0.652. The summed E-state index contributed by atoms with van der Waals surface area (Å²) in [4.78, 5) is 4.26. The molecule has 0 unspecified atom stereocenters. The average Bonchev–Trinajstić information content (AvgIpc) is 2.72. The molecule has 1 aromatic carbocycles. The molecular weight excluding hydrogens is 208 g/mol. The second-order valence-electron chi connectivity index (χ2n) is 4.63. The van der Waals surface area contributed by atoms with Gasteiger partial charge in [0.2, 0.25) is 0 Å². The van der Waals surface area contributed by atoms with Crippen molar-refractivity contribution in [2.75, 3.05) is 0 Å². The van der Waals surface area contributed by atoms with Gasteiger partial charge in [-0.2, -0.15) is 0 Å². The minimum absolute atomic E-state index is 0.985. The Morgan fingerprint density at radius 2 is 1.88 bits per heavy atom. The molecule has 2 heteroatoms. The molecule has 0 radical (unpaired) electrons. The summed E-state index contributed by atoms with van der Waals surface area (Å²) in [5.74, 6) is 0. The highest BCUT2D eigenvalue weighted by molar-refractivity contribution is 5.36. The average molecular weight is 228 g/mol. The Balaban J connectivity index is 2.28. The predicted octanol–water partition coefficient (Wildman–Crippen LogP) is 3.50. The number of hydrogen-bond acceptors (Lipinski definition) is 1. The van der Waals surface area contributed by atoms with Crippen LogP contribution in [0.15, 0.2) is 30.7 Å². The van der Waals surface area contributed by atoms with Gasteiger partial charge in [-0.3, -0.25) is 0 Å². The van der Waals surface area contributed by atoms with E-state index in [0.717, 1.165) is 19.4 Å². The van der Waals surface area contributed by atoms with Crippen molar-refractivity contribution >= 4 is 0 Å². The van der Waals surface area contributed by atoms with Crippen molar-refractivity contribution in [3.63, 3.8) is 0 Å². The van der Waals surface area contributed by atoms with Crippen LogP contribution < -0.4 is 0 Å². The van der Waals surface area contributed by atoms with Gasteiger partial charge in [0.05, 0.1) is 6.33 Å². The van der Waals surface area contributed by atoms with Gasteiger partial charge in [-0.1, -0.05) is 25.1 Å². The van der Waals surface area contributed by atoms with E-state index in [4.69, 9.17) is 0 Å². The van der Waals surface area contributed by atoms with E-state index in [1.54, 1.807) is 0 Å². The van der Waals surface area contributed by atoms with Crippen LogP contribution in [0.1, 0.15) is 35.7 Å². The van der Waals surface area contributed by atoms with E-state index >= 15 is 0 Å². The lowest BCUT2D eigenvalue weighted by atomic mass is 9.99. The second-order valence-corrected chi connectivity index (χ2v) is 4.63. The maximum atomic E-state index is 4.26. The van der Waals surface area contributed by atoms with Crippen molar-refractivity contribution in [3.05, 3.63) is 53.1 Å². The Kier molecular flexibility index (Phi) is 3.62. The van der Waals surface area contributed by atoms with Crippen LogP contribution in [-0.4, -0.2) is 9.55 Å². The maximum Gasteiger partial charge on any atom is 0.0948 e. The van der Waals surface area contributed by atoms with Gasteiger partial charge >= 0.3 is 0 Å². The molecule has 1 heterocycles. The first-order valence-electron chi connectivity index (χ1n) is 6.26. The van der Waals surface area contributed by atoms with Crippen molar-refractivity contribution in [2.45, 2.75) is 40.2 Å². The number of benzene rings is 1. The van der Waals surface area contributed by atoms with E-state index in [9.17, 15) is 0 Å². The summed E-state index contributed by atoms with van der Waals surface area (Å²) in [6, 6.07) is 6.49. The van der Waals surface area contributed by atoms with E-state index in [2.05, 4.69) is 48.5 Å². The largest absolute Gasteiger partial charge is 0.334 e. The normalized spacial score (nSPS) is 10.8. The molecule has 0 atom stereocenters. The SMILES string of the molecule is CCCn1cncc1Cc1c(C)cccc1C. The number of aromatic nitrogens is 2. The minimum atomic E-state index is 0.985. The number of rotatable bonds is 4. The van der Waals surface area contributed by atoms with Gasteiger partial charge in [0.15, 0.2) is 0 Å². The van der Waals surface area contributed by atoms with Gasteiger partial charge in [0, 0.05) is 24.9 Å². The summed E-state index contributed by atoms with van der Waals surface area (Å²) in [7, 11) is 0. The number of aryl methyl sites for hydroxylation is 3. The fourth-order valence-corrected chi connectivity index (χ4v) is 2.25. The van der Waals surface area contributed by atoms with Crippen LogP contribution in [0.4, 0.5) is 0 Å². The van der Waals surface area contributed by atoms with Crippen LogP contribution in [0.5, 0.6) is 0 Å². The molecule has 0 bridgehead atoms. The smallest absolute Gasteiger partial charge is 0.0948 e. The molecule has 0 aliphatic heterocycles. The Labute approximate surface area is 103 Å². The molecule has 0 aliphatic rings. The first kappa shape index (κ1) is 11.9. The van der Waals surface area contributed by atoms with E-state index < -0.39 is 0 Å². The summed E-state index contributed by atoms with van der Waals surface area (Å²) in [5.41, 5.74) is 5.48. The van der Waals surface area contributed by atoms with Crippen molar-refractivity contribution in [2.24, 2.45) is 0 Å². The van der Waals surface area contributed by atoms with E-state index in [-0.39, 0.29) is 0 Å². The fourth-order valence-electron chi connectivity index (χ4n) is 2.25.